The zero-order valence-corrected chi connectivity index (χ0v) is 24.2. The van der Waals surface area contributed by atoms with Crippen molar-refractivity contribution in [3.8, 4) is 11.8 Å². The number of allylic oxidation sites excluding steroid dienone is 1. The van der Waals surface area contributed by atoms with Crippen molar-refractivity contribution in [2.75, 3.05) is 13.2 Å². The van der Waals surface area contributed by atoms with Crippen LogP contribution in [0.4, 0.5) is 0 Å². The molecule has 0 bridgehead atoms. The SMILES string of the molecule is C=C1CC[C@H](CCCC(C)C#CCC)[C@H]1C[C@H]1OC1CCC(OC1CCCCO1)(OC1CCCCO1)C(=O)O. The van der Waals surface area contributed by atoms with Gasteiger partial charge >= 0.3 is 5.97 Å². The van der Waals surface area contributed by atoms with Gasteiger partial charge in [-0.05, 0) is 88.9 Å². The number of carbonyl (C=O) groups is 1. The zero-order chi connectivity index (χ0) is 27.7. The van der Waals surface area contributed by atoms with E-state index in [2.05, 4.69) is 32.3 Å². The zero-order valence-electron chi connectivity index (χ0n) is 24.2. The van der Waals surface area contributed by atoms with Gasteiger partial charge in [0.1, 0.15) is 0 Å². The van der Waals surface area contributed by atoms with E-state index in [9.17, 15) is 9.90 Å². The van der Waals surface area contributed by atoms with Gasteiger partial charge in [-0.15, -0.1) is 11.8 Å². The van der Waals surface area contributed by atoms with Crippen LogP contribution in [0.15, 0.2) is 12.2 Å². The third-order valence-corrected chi connectivity index (χ3v) is 8.84. The van der Waals surface area contributed by atoms with Crippen LogP contribution in [0.25, 0.3) is 0 Å². The van der Waals surface area contributed by atoms with Gasteiger partial charge in [0.15, 0.2) is 12.6 Å². The summed E-state index contributed by atoms with van der Waals surface area (Å²) in [6.45, 7) is 9.86. The Bertz CT molecular complexity index is 828. The first-order valence-electron chi connectivity index (χ1n) is 15.5. The molecular formula is C32H50O7. The molecule has 4 rings (SSSR count). The Morgan fingerprint density at radius 2 is 1.77 bits per heavy atom. The summed E-state index contributed by atoms with van der Waals surface area (Å²) in [5, 5.41) is 10.3. The van der Waals surface area contributed by atoms with Gasteiger partial charge in [0.25, 0.3) is 5.79 Å². The van der Waals surface area contributed by atoms with Gasteiger partial charge in [-0.3, -0.25) is 0 Å². The second kappa shape index (κ2) is 15.0. The molecule has 3 heterocycles. The molecule has 0 aromatic rings. The Kier molecular flexibility index (Phi) is 11.7. The van der Waals surface area contributed by atoms with E-state index in [4.69, 9.17) is 23.7 Å². The van der Waals surface area contributed by atoms with E-state index in [1.54, 1.807) is 0 Å². The predicted molar refractivity (Wildman–Crippen MR) is 149 cm³/mol. The highest BCUT2D eigenvalue weighted by Gasteiger charge is 2.50. The number of hydrogen-bond acceptors (Lipinski definition) is 6. The Balaban J connectivity index is 1.30. The molecule has 7 nitrogen and oxygen atoms in total. The quantitative estimate of drug-likeness (QED) is 0.114. The van der Waals surface area contributed by atoms with Crippen molar-refractivity contribution in [1.82, 2.24) is 0 Å². The smallest absolute Gasteiger partial charge is 0.364 e. The van der Waals surface area contributed by atoms with Gasteiger partial charge in [-0.2, -0.15) is 0 Å². The molecule has 0 spiro atoms. The van der Waals surface area contributed by atoms with Crippen LogP contribution in [0.5, 0.6) is 0 Å². The van der Waals surface area contributed by atoms with Gasteiger partial charge in [0.05, 0.1) is 12.2 Å². The second-order valence-electron chi connectivity index (χ2n) is 11.9. The number of aliphatic carboxylic acids is 1. The molecule has 220 valence electrons. The fourth-order valence-electron chi connectivity index (χ4n) is 6.44. The van der Waals surface area contributed by atoms with Crippen LogP contribution in [0, 0.1) is 29.6 Å². The normalized spacial score (nSPS) is 33.1. The standard InChI is InChI=1S/C32H50O7/c1-4-5-11-23(2)12-10-13-25-17-16-24(3)26(25)22-28-27(37-28)18-19-32(31(33)34,38-29-14-6-8-20-35-29)39-30-15-7-9-21-36-30/h23,25-30H,3-4,6-10,12-22H2,1-2H3,(H,33,34)/t23?,25-,26-,27?,28+,29?,30?,32?/m0/s1. The molecule has 0 aromatic carbocycles. The Morgan fingerprint density at radius 1 is 1.08 bits per heavy atom. The summed E-state index contributed by atoms with van der Waals surface area (Å²) in [4.78, 5) is 12.6. The molecule has 3 aliphatic heterocycles. The number of ether oxygens (including phenoxy) is 5. The van der Waals surface area contributed by atoms with E-state index in [1.807, 2.05) is 0 Å². The number of epoxide rings is 1. The van der Waals surface area contributed by atoms with E-state index in [0.717, 1.165) is 51.4 Å². The Hall–Kier alpha value is -1.43. The summed E-state index contributed by atoms with van der Waals surface area (Å²) in [6.07, 6.45) is 12.7. The largest absolute Gasteiger partial charge is 0.477 e. The van der Waals surface area contributed by atoms with Crippen LogP contribution < -0.4 is 0 Å². The lowest BCUT2D eigenvalue weighted by Gasteiger charge is -2.37. The highest BCUT2D eigenvalue weighted by atomic mass is 16.8. The highest BCUT2D eigenvalue weighted by molar-refractivity contribution is 5.75. The number of hydrogen-bond donors (Lipinski definition) is 1. The van der Waals surface area contributed by atoms with Crippen molar-refractivity contribution in [3.63, 3.8) is 0 Å². The molecular weight excluding hydrogens is 496 g/mol. The summed E-state index contributed by atoms with van der Waals surface area (Å²) in [7, 11) is 0. The maximum atomic E-state index is 12.6. The van der Waals surface area contributed by atoms with Crippen molar-refractivity contribution >= 4 is 5.97 Å². The van der Waals surface area contributed by atoms with Crippen molar-refractivity contribution in [2.24, 2.45) is 17.8 Å². The third kappa shape index (κ3) is 9.03. The van der Waals surface area contributed by atoms with E-state index in [-0.39, 0.29) is 18.6 Å². The number of carboxylic acids is 1. The Morgan fingerprint density at radius 3 is 2.36 bits per heavy atom. The average Bonchev–Trinajstić information content (AvgIpc) is 3.60. The minimum atomic E-state index is -1.79. The van der Waals surface area contributed by atoms with Crippen LogP contribution >= 0.6 is 0 Å². The van der Waals surface area contributed by atoms with Crippen LogP contribution in [-0.4, -0.2) is 54.9 Å². The summed E-state index contributed by atoms with van der Waals surface area (Å²) in [5.41, 5.74) is 1.35. The Labute approximate surface area is 235 Å². The molecule has 0 radical (unpaired) electrons. The molecule has 1 saturated carbocycles. The van der Waals surface area contributed by atoms with Gasteiger partial charge in [0.2, 0.25) is 0 Å². The van der Waals surface area contributed by atoms with Crippen molar-refractivity contribution in [2.45, 2.75) is 141 Å². The molecule has 7 heteroatoms. The van der Waals surface area contributed by atoms with Gasteiger partial charge in [0, 0.05) is 32.0 Å². The molecule has 1 N–H and O–H groups in total. The van der Waals surface area contributed by atoms with E-state index < -0.39 is 24.3 Å². The molecule has 7 atom stereocenters. The van der Waals surface area contributed by atoms with Crippen LogP contribution in [0.1, 0.15) is 110 Å². The number of rotatable bonds is 14. The van der Waals surface area contributed by atoms with Gasteiger partial charge in [-0.25, -0.2) is 4.79 Å². The summed E-state index contributed by atoms with van der Waals surface area (Å²) >= 11 is 0. The highest BCUT2D eigenvalue weighted by Crippen LogP contribution is 2.46. The molecule has 0 amide bonds. The van der Waals surface area contributed by atoms with E-state index >= 15 is 0 Å². The van der Waals surface area contributed by atoms with Crippen LogP contribution in [-0.2, 0) is 28.5 Å². The fraction of sp³-hybridized carbons (Fsp3) is 0.844. The first-order chi connectivity index (χ1) is 18.9. The van der Waals surface area contributed by atoms with E-state index in [0.29, 0.717) is 50.2 Å². The lowest BCUT2D eigenvalue weighted by atomic mass is 9.84. The molecule has 0 aromatic heterocycles. The summed E-state index contributed by atoms with van der Waals surface area (Å²) in [6, 6.07) is 0. The monoisotopic (exact) mass is 546 g/mol. The number of carboxylic acid groups (broad SMARTS) is 1. The molecule has 4 unspecified atom stereocenters. The maximum absolute atomic E-state index is 12.6. The molecule has 1 aliphatic carbocycles. The van der Waals surface area contributed by atoms with Crippen molar-refractivity contribution in [3.05, 3.63) is 12.2 Å². The van der Waals surface area contributed by atoms with E-state index in [1.165, 1.54) is 24.8 Å². The molecule has 4 fully saturated rings. The van der Waals surface area contributed by atoms with Crippen molar-refractivity contribution < 1.29 is 33.6 Å². The molecule has 3 saturated heterocycles. The first-order valence-corrected chi connectivity index (χ1v) is 15.5. The van der Waals surface area contributed by atoms with Gasteiger partial charge in [-0.1, -0.05) is 32.4 Å². The summed E-state index contributed by atoms with van der Waals surface area (Å²) in [5.74, 6) is 5.24. The van der Waals surface area contributed by atoms with Gasteiger partial charge < -0.3 is 28.8 Å². The molecule has 4 aliphatic rings. The minimum Gasteiger partial charge on any atom is -0.477 e. The van der Waals surface area contributed by atoms with Crippen LogP contribution in [0.3, 0.4) is 0 Å². The topological polar surface area (TPSA) is 86.8 Å². The lowest BCUT2D eigenvalue weighted by Crippen LogP contribution is -2.51. The average molecular weight is 547 g/mol. The molecule has 39 heavy (non-hydrogen) atoms. The van der Waals surface area contributed by atoms with Crippen LogP contribution in [0.2, 0.25) is 0 Å². The summed E-state index contributed by atoms with van der Waals surface area (Å²) < 4.78 is 29.8. The van der Waals surface area contributed by atoms with Crippen molar-refractivity contribution in [1.29, 1.82) is 0 Å². The minimum absolute atomic E-state index is 0.0221. The second-order valence-corrected chi connectivity index (χ2v) is 11.9. The lowest BCUT2D eigenvalue weighted by molar-refractivity contribution is -0.352. The maximum Gasteiger partial charge on any atom is 0.364 e. The third-order valence-electron chi connectivity index (χ3n) is 8.84. The predicted octanol–water partition coefficient (Wildman–Crippen LogP) is 6.59. The first kappa shape index (κ1) is 30.5. The fourth-order valence-corrected chi connectivity index (χ4v) is 6.44.